The molecule has 0 aliphatic carbocycles. The minimum absolute atomic E-state index is 0.184. The van der Waals surface area contributed by atoms with Crippen LogP contribution in [0.4, 0.5) is 11.6 Å². The van der Waals surface area contributed by atoms with Crippen LogP contribution in [0.5, 0.6) is 0 Å². The van der Waals surface area contributed by atoms with Gasteiger partial charge in [-0.15, -0.1) is 0 Å². The molecule has 4 N–H and O–H groups in total. The fourth-order valence-electron chi connectivity index (χ4n) is 5.85. The number of hydrogen-bond acceptors (Lipinski definition) is 6. The van der Waals surface area contributed by atoms with Crippen LogP contribution in [0.25, 0.3) is 10.8 Å². The van der Waals surface area contributed by atoms with E-state index in [9.17, 15) is 9.59 Å². The second kappa shape index (κ2) is 11.7. The Kier molecular flexibility index (Phi) is 8.07. The number of carbonyl (C=O) groups is 1. The number of hydrogen-bond donors (Lipinski definition) is 3. The van der Waals surface area contributed by atoms with E-state index in [1.165, 1.54) is 5.56 Å². The van der Waals surface area contributed by atoms with Gasteiger partial charge in [-0.1, -0.05) is 67.9 Å². The maximum Gasteiger partial charge on any atom is 0.294 e. The van der Waals surface area contributed by atoms with Crippen LogP contribution in [0.1, 0.15) is 62.4 Å². The zero-order valence-electron chi connectivity index (χ0n) is 22.9. The molecule has 1 amide bonds. The first-order valence-corrected chi connectivity index (χ1v) is 14.3. The van der Waals surface area contributed by atoms with Crippen molar-refractivity contribution in [2.75, 3.05) is 17.6 Å². The molecule has 0 bridgehead atoms. The molecule has 8 nitrogen and oxygen atoms in total. The van der Waals surface area contributed by atoms with Gasteiger partial charge in [-0.05, 0) is 60.7 Å². The predicted molar refractivity (Wildman–Crippen MR) is 161 cm³/mol. The van der Waals surface area contributed by atoms with E-state index in [0.717, 1.165) is 42.0 Å². The molecule has 9 heteroatoms. The number of aromatic nitrogens is 3. The smallest absolute Gasteiger partial charge is 0.294 e. The lowest BCUT2D eigenvalue weighted by molar-refractivity contribution is -0.124. The molecule has 1 aliphatic heterocycles. The highest BCUT2D eigenvalue weighted by molar-refractivity contribution is 6.30. The molecule has 2 aromatic carbocycles. The van der Waals surface area contributed by atoms with Crippen molar-refractivity contribution in [3.05, 3.63) is 93.1 Å². The van der Waals surface area contributed by atoms with Gasteiger partial charge in [0.2, 0.25) is 5.91 Å². The molecule has 208 valence electrons. The molecule has 0 spiro atoms. The number of carbonyl (C=O) groups excluding carboxylic acids is 1. The van der Waals surface area contributed by atoms with Crippen LogP contribution in [0.15, 0.2) is 65.6 Å². The Balaban J connectivity index is 1.37. The molecule has 0 radical (unpaired) electrons. The first-order valence-electron chi connectivity index (χ1n) is 13.9. The largest absolute Gasteiger partial charge is 0.383 e. The molecule has 0 saturated heterocycles. The van der Waals surface area contributed by atoms with E-state index in [0.29, 0.717) is 31.0 Å². The van der Waals surface area contributed by atoms with E-state index in [1.54, 1.807) is 10.8 Å². The zero-order valence-corrected chi connectivity index (χ0v) is 23.7. The fraction of sp³-hybridized carbons (Fsp3) is 0.355. The third kappa shape index (κ3) is 5.28. The molecule has 1 aliphatic rings. The number of nitrogen functional groups attached to an aromatic ring is 1. The molecule has 0 saturated carbocycles. The average Bonchev–Trinajstić information content (AvgIpc) is 3.34. The number of fused-ring (bicyclic) bond motifs is 2. The van der Waals surface area contributed by atoms with Crippen LogP contribution < -0.4 is 21.9 Å². The highest BCUT2D eigenvalue weighted by Crippen LogP contribution is 2.47. The predicted octanol–water partition coefficient (Wildman–Crippen LogP) is 5.39. The molecular formula is C31H35ClN6O2. The molecule has 0 unspecified atom stereocenters. The fourth-order valence-corrected chi connectivity index (χ4v) is 6.23. The molecular weight excluding hydrogens is 524 g/mol. The summed E-state index contributed by atoms with van der Waals surface area (Å²) in [5, 5.41) is 8.34. The van der Waals surface area contributed by atoms with Gasteiger partial charge in [0, 0.05) is 30.1 Å². The number of amides is 1. The monoisotopic (exact) mass is 558 g/mol. The molecule has 5 rings (SSSR count). The second-order valence-electron chi connectivity index (χ2n) is 10.5. The van der Waals surface area contributed by atoms with Crippen molar-refractivity contribution in [2.45, 2.75) is 64.0 Å². The van der Waals surface area contributed by atoms with Gasteiger partial charge in [-0.25, -0.2) is 9.97 Å². The number of benzene rings is 2. The number of anilines is 2. The van der Waals surface area contributed by atoms with Gasteiger partial charge in [0.05, 0.1) is 5.69 Å². The summed E-state index contributed by atoms with van der Waals surface area (Å²) in [6, 6.07) is 17.2. The van der Waals surface area contributed by atoms with E-state index >= 15 is 0 Å². The maximum absolute atomic E-state index is 13.7. The summed E-state index contributed by atoms with van der Waals surface area (Å²) in [4.78, 5) is 36.0. The van der Waals surface area contributed by atoms with Crippen LogP contribution in [0, 0.1) is 0 Å². The van der Waals surface area contributed by atoms with E-state index in [1.807, 2.05) is 42.5 Å². The summed E-state index contributed by atoms with van der Waals surface area (Å²) < 4.78 is 1.59. The van der Waals surface area contributed by atoms with Crippen LogP contribution in [0.2, 0.25) is 5.15 Å². The van der Waals surface area contributed by atoms with Gasteiger partial charge in [0.1, 0.15) is 11.9 Å². The van der Waals surface area contributed by atoms with Crippen molar-refractivity contribution in [3.8, 4) is 0 Å². The second-order valence-corrected chi connectivity index (χ2v) is 10.8. The molecule has 4 aromatic rings. The number of rotatable bonds is 10. The van der Waals surface area contributed by atoms with Crippen LogP contribution in [-0.2, 0) is 23.2 Å². The minimum atomic E-state index is -0.673. The number of aryl methyl sites for hydroxylation is 1. The van der Waals surface area contributed by atoms with Gasteiger partial charge in [-0.3, -0.25) is 14.2 Å². The third-order valence-corrected chi connectivity index (χ3v) is 8.49. The standard InChI is InChI=1S/C31H35ClN6O2/c1-3-31(4-2)18-24(29(39)36-19-21-12-13-23-22(17-21)14-16-34-27(23)33)38-25(31)26(32)37-28(30(38)40)35-15-8-11-20-9-6-5-7-10-20/h5-7,9-10,12-14,16-17,24H,3-4,8,11,15,18-19H2,1-2H3,(H2,33,34)(H,35,37)(H,36,39)/t24-/m0/s1. The quantitative estimate of drug-likeness (QED) is 0.225. The van der Waals surface area contributed by atoms with E-state index in [4.69, 9.17) is 17.3 Å². The lowest BCUT2D eigenvalue weighted by atomic mass is 9.77. The van der Waals surface area contributed by atoms with Crippen molar-refractivity contribution in [2.24, 2.45) is 0 Å². The van der Waals surface area contributed by atoms with Gasteiger partial charge in [0.25, 0.3) is 5.56 Å². The Morgan fingerprint density at radius 1 is 1.12 bits per heavy atom. The zero-order chi connectivity index (χ0) is 28.3. The first-order chi connectivity index (χ1) is 19.4. The van der Waals surface area contributed by atoms with E-state index in [-0.39, 0.29) is 22.4 Å². The molecule has 0 fully saturated rings. The average molecular weight is 559 g/mol. The SMILES string of the molecule is CCC1(CC)C[C@@H](C(=O)NCc2ccc3c(N)nccc3c2)n2c1c(Cl)nc(NCCCc1ccccc1)c2=O. The molecule has 3 heterocycles. The van der Waals surface area contributed by atoms with E-state index in [2.05, 4.69) is 46.6 Å². The number of nitrogens with two attached hydrogens (primary N) is 1. The Hall–Kier alpha value is -3.91. The van der Waals surface area contributed by atoms with Crippen LogP contribution in [0.3, 0.4) is 0 Å². The van der Waals surface area contributed by atoms with E-state index < -0.39 is 11.5 Å². The molecule has 2 aromatic heterocycles. The summed E-state index contributed by atoms with van der Waals surface area (Å²) in [6.07, 6.45) is 5.37. The topological polar surface area (TPSA) is 115 Å². The van der Waals surface area contributed by atoms with Gasteiger partial charge in [0.15, 0.2) is 11.0 Å². The minimum Gasteiger partial charge on any atom is -0.383 e. The number of nitrogens with one attached hydrogen (secondary N) is 2. The first kappa shape index (κ1) is 27.6. The van der Waals surface area contributed by atoms with Crippen molar-refractivity contribution < 1.29 is 4.79 Å². The number of halogens is 1. The van der Waals surface area contributed by atoms with Crippen LogP contribution in [-0.4, -0.2) is 27.0 Å². The Labute approximate surface area is 239 Å². The van der Waals surface area contributed by atoms with Gasteiger partial charge < -0.3 is 16.4 Å². The number of pyridine rings is 1. The summed E-state index contributed by atoms with van der Waals surface area (Å²) in [6.45, 7) is 5.03. The summed E-state index contributed by atoms with van der Waals surface area (Å²) in [5.41, 5.74) is 8.10. The Bertz CT molecular complexity index is 1580. The molecule has 1 atom stereocenters. The lowest BCUT2D eigenvalue weighted by Crippen LogP contribution is -2.36. The molecule has 40 heavy (non-hydrogen) atoms. The summed E-state index contributed by atoms with van der Waals surface area (Å²) >= 11 is 6.75. The maximum atomic E-state index is 13.7. The highest BCUT2D eigenvalue weighted by atomic mass is 35.5. The van der Waals surface area contributed by atoms with Crippen LogP contribution >= 0.6 is 11.6 Å². The van der Waals surface area contributed by atoms with Gasteiger partial charge >= 0.3 is 0 Å². The lowest BCUT2D eigenvalue weighted by Gasteiger charge is -2.27. The number of nitrogens with zero attached hydrogens (tertiary/aromatic N) is 3. The van der Waals surface area contributed by atoms with Crippen molar-refractivity contribution in [3.63, 3.8) is 0 Å². The normalized spacial score (nSPS) is 15.6. The summed E-state index contributed by atoms with van der Waals surface area (Å²) in [5.74, 6) is 0.447. The third-order valence-electron chi connectivity index (χ3n) is 8.23. The van der Waals surface area contributed by atoms with Crippen molar-refractivity contribution in [1.82, 2.24) is 19.9 Å². The summed E-state index contributed by atoms with van der Waals surface area (Å²) in [7, 11) is 0. The van der Waals surface area contributed by atoms with Gasteiger partial charge in [-0.2, -0.15) is 0 Å². The highest BCUT2D eigenvalue weighted by Gasteiger charge is 2.47. The Morgan fingerprint density at radius 3 is 2.65 bits per heavy atom. The Morgan fingerprint density at radius 2 is 1.90 bits per heavy atom. The van der Waals surface area contributed by atoms with Crippen molar-refractivity contribution in [1.29, 1.82) is 0 Å². The van der Waals surface area contributed by atoms with Crippen molar-refractivity contribution >= 4 is 39.9 Å².